The van der Waals surface area contributed by atoms with E-state index >= 15 is 0 Å². The SMILES string of the molecule is Cc1sc(-c2ccccc2)nc1COc1ccc(CCC[C@@H](O)C(=O)O)cc1. The molecule has 0 aliphatic rings. The maximum Gasteiger partial charge on any atom is 0.332 e. The lowest BCUT2D eigenvalue weighted by molar-refractivity contribution is -0.146. The Labute approximate surface area is 168 Å². The predicted octanol–water partition coefficient (Wildman–Crippen LogP) is 4.47. The van der Waals surface area contributed by atoms with Crippen LogP contribution in [0.1, 0.15) is 29.0 Å². The van der Waals surface area contributed by atoms with Crippen LogP contribution in [0.3, 0.4) is 0 Å². The number of benzene rings is 2. The lowest BCUT2D eigenvalue weighted by atomic mass is 10.1. The number of aliphatic carboxylic acids is 1. The Morgan fingerprint density at radius 1 is 1.14 bits per heavy atom. The van der Waals surface area contributed by atoms with Gasteiger partial charge in [-0.3, -0.25) is 0 Å². The Hall–Kier alpha value is -2.70. The molecule has 0 radical (unpaired) electrons. The molecule has 5 nitrogen and oxygen atoms in total. The molecular weight excluding hydrogens is 374 g/mol. The first-order chi connectivity index (χ1) is 13.5. The number of aryl methyl sites for hydroxylation is 2. The fourth-order valence-corrected chi connectivity index (χ4v) is 3.72. The number of hydrogen-bond acceptors (Lipinski definition) is 5. The highest BCUT2D eigenvalue weighted by Gasteiger charge is 2.12. The van der Waals surface area contributed by atoms with Crippen LogP contribution in [0.2, 0.25) is 0 Å². The van der Waals surface area contributed by atoms with Crippen LogP contribution in [0.15, 0.2) is 54.6 Å². The summed E-state index contributed by atoms with van der Waals surface area (Å²) in [5, 5.41) is 19.0. The number of carbonyl (C=O) groups is 1. The molecule has 0 fully saturated rings. The van der Waals surface area contributed by atoms with E-state index in [1.165, 1.54) is 0 Å². The first kappa shape index (κ1) is 20.0. The van der Waals surface area contributed by atoms with Crippen molar-refractivity contribution in [3.8, 4) is 16.3 Å². The van der Waals surface area contributed by atoms with Crippen LogP contribution >= 0.6 is 11.3 Å². The van der Waals surface area contributed by atoms with Gasteiger partial charge in [0.1, 0.15) is 17.4 Å². The Bertz CT molecular complexity index is 906. The first-order valence-corrected chi connectivity index (χ1v) is 9.99. The summed E-state index contributed by atoms with van der Waals surface area (Å²) in [7, 11) is 0. The van der Waals surface area contributed by atoms with E-state index < -0.39 is 12.1 Å². The summed E-state index contributed by atoms with van der Waals surface area (Å²) in [5.74, 6) is -0.403. The van der Waals surface area contributed by atoms with Gasteiger partial charge in [-0.15, -0.1) is 11.3 Å². The normalized spacial score (nSPS) is 11.9. The predicted molar refractivity (Wildman–Crippen MR) is 110 cm³/mol. The number of ether oxygens (including phenoxy) is 1. The van der Waals surface area contributed by atoms with Gasteiger partial charge >= 0.3 is 5.97 Å². The number of rotatable bonds is 9. The molecule has 0 unspecified atom stereocenters. The van der Waals surface area contributed by atoms with E-state index in [9.17, 15) is 9.90 Å². The number of carboxylic acid groups (broad SMARTS) is 1. The molecule has 6 heteroatoms. The highest BCUT2D eigenvalue weighted by Crippen LogP contribution is 2.28. The lowest BCUT2D eigenvalue weighted by Gasteiger charge is -2.08. The van der Waals surface area contributed by atoms with Crippen LogP contribution in [0, 0.1) is 6.92 Å². The van der Waals surface area contributed by atoms with Gasteiger partial charge in [-0.1, -0.05) is 42.5 Å². The van der Waals surface area contributed by atoms with Crippen LogP contribution in [0.5, 0.6) is 5.75 Å². The second-order valence-electron chi connectivity index (χ2n) is 6.57. The monoisotopic (exact) mass is 397 g/mol. The van der Waals surface area contributed by atoms with E-state index in [1.54, 1.807) is 11.3 Å². The van der Waals surface area contributed by atoms with Crippen molar-refractivity contribution in [1.29, 1.82) is 0 Å². The molecule has 0 aliphatic carbocycles. The van der Waals surface area contributed by atoms with E-state index in [0.717, 1.165) is 38.9 Å². The molecule has 2 N–H and O–H groups in total. The van der Waals surface area contributed by atoms with Gasteiger partial charge in [0, 0.05) is 10.4 Å². The molecule has 0 amide bonds. The van der Waals surface area contributed by atoms with E-state index in [-0.39, 0.29) is 6.42 Å². The van der Waals surface area contributed by atoms with Crippen LogP contribution in [0.25, 0.3) is 10.6 Å². The van der Waals surface area contributed by atoms with Gasteiger partial charge in [0.05, 0.1) is 5.69 Å². The zero-order chi connectivity index (χ0) is 19.9. The molecule has 1 atom stereocenters. The van der Waals surface area contributed by atoms with Gasteiger partial charge in [0.15, 0.2) is 6.10 Å². The van der Waals surface area contributed by atoms with Gasteiger partial charge < -0.3 is 14.9 Å². The molecule has 146 valence electrons. The Morgan fingerprint density at radius 2 is 1.86 bits per heavy atom. The Morgan fingerprint density at radius 3 is 2.54 bits per heavy atom. The van der Waals surface area contributed by atoms with E-state index in [2.05, 4.69) is 19.1 Å². The Balaban J connectivity index is 1.53. The average molecular weight is 397 g/mol. The van der Waals surface area contributed by atoms with Gasteiger partial charge in [-0.25, -0.2) is 9.78 Å². The number of aliphatic hydroxyl groups is 1. The molecule has 3 rings (SSSR count). The van der Waals surface area contributed by atoms with Crippen molar-refractivity contribution in [3.63, 3.8) is 0 Å². The number of hydrogen-bond donors (Lipinski definition) is 2. The summed E-state index contributed by atoms with van der Waals surface area (Å²) in [4.78, 5) is 16.5. The van der Waals surface area contributed by atoms with Crippen LogP contribution in [-0.4, -0.2) is 27.3 Å². The third-order valence-corrected chi connectivity index (χ3v) is 5.50. The van der Waals surface area contributed by atoms with Crippen molar-refractivity contribution < 1.29 is 19.7 Å². The molecule has 0 saturated carbocycles. The number of aromatic nitrogens is 1. The lowest BCUT2D eigenvalue weighted by Crippen LogP contribution is -2.19. The topological polar surface area (TPSA) is 79.7 Å². The van der Waals surface area contributed by atoms with Crippen molar-refractivity contribution in [1.82, 2.24) is 4.98 Å². The van der Waals surface area contributed by atoms with Crippen LogP contribution in [-0.2, 0) is 17.8 Å². The Kier molecular flexibility index (Phi) is 6.79. The summed E-state index contributed by atoms with van der Waals surface area (Å²) in [6.07, 6.45) is 0.301. The van der Waals surface area contributed by atoms with Gasteiger partial charge in [-0.05, 0) is 43.9 Å². The van der Waals surface area contributed by atoms with Gasteiger partial charge in [0.2, 0.25) is 0 Å². The minimum atomic E-state index is -1.29. The minimum Gasteiger partial charge on any atom is -0.487 e. The molecular formula is C22H23NO4S. The van der Waals surface area contributed by atoms with Crippen LogP contribution in [0.4, 0.5) is 0 Å². The highest BCUT2D eigenvalue weighted by molar-refractivity contribution is 7.15. The molecule has 28 heavy (non-hydrogen) atoms. The molecule has 1 aromatic heterocycles. The van der Waals surface area contributed by atoms with Crippen molar-refractivity contribution in [2.24, 2.45) is 0 Å². The molecule has 3 aromatic rings. The molecule has 1 heterocycles. The number of aliphatic hydroxyl groups excluding tert-OH is 1. The smallest absolute Gasteiger partial charge is 0.332 e. The second kappa shape index (κ2) is 9.48. The maximum absolute atomic E-state index is 10.6. The van der Waals surface area contributed by atoms with Crippen LogP contribution < -0.4 is 4.74 Å². The third-order valence-electron chi connectivity index (χ3n) is 4.44. The zero-order valence-corrected chi connectivity index (χ0v) is 16.5. The summed E-state index contributed by atoms with van der Waals surface area (Å²) in [6.45, 7) is 2.47. The summed E-state index contributed by atoms with van der Waals surface area (Å²) < 4.78 is 5.88. The largest absolute Gasteiger partial charge is 0.487 e. The summed E-state index contributed by atoms with van der Waals surface area (Å²) in [5.41, 5.74) is 3.14. The van der Waals surface area contributed by atoms with Crippen molar-refractivity contribution in [3.05, 3.63) is 70.7 Å². The van der Waals surface area contributed by atoms with Gasteiger partial charge in [-0.2, -0.15) is 0 Å². The van der Waals surface area contributed by atoms with E-state index in [4.69, 9.17) is 14.8 Å². The minimum absolute atomic E-state index is 0.250. The van der Waals surface area contributed by atoms with E-state index in [0.29, 0.717) is 13.0 Å². The molecule has 0 bridgehead atoms. The number of nitrogens with zero attached hydrogens (tertiary/aromatic N) is 1. The summed E-state index contributed by atoms with van der Waals surface area (Å²) in [6, 6.07) is 17.8. The van der Waals surface area contributed by atoms with Crippen molar-refractivity contribution in [2.75, 3.05) is 0 Å². The average Bonchev–Trinajstić information content (AvgIpc) is 3.08. The highest BCUT2D eigenvalue weighted by atomic mass is 32.1. The molecule has 0 aliphatic heterocycles. The molecule has 0 spiro atoms. The second-order valence-corrected chi connectivity index (χ2v) is 7.77. The third kappa shape index (κ3) is 5.41. The van der Waals surface area contributed by atoms with E-state index in [1.807, 2.05) is 42.5 Å². The zero-order valence-electron chi connectivity index (χ0n) is 15.7. The molecule has 0 saturated heterocycles. The number of thiazole rings is 1. The fourth-order valence-electron chi connectivity index (χ4n) is 2.79. The van der Waals surface area contributed by atoms with Crippen molar-refractivity contribution >= 4 is 17.3 Å². The molecule has 2 aromatic carbocycles. The van der Waals surface area contributed by atoms with Crippen molar-refractivity contribution in [2.45, 2.75) is 38.9 Å². The standard InChI is InChI=1S/C22H23NO4S/c1-15-19(23-21(28-15)17-7-3-2-4-8-17)14-27-18-12-10-16(11-13-18)6-5-9-20(24)22(25)26/h2-4,7-8,10-13,20,24H,5-6,9,14H2,1H3,(H,25,26)/t20-/m1/s1. The maximum atomic E-state index is 10.6. The van der Waals surface area contributed by atoms with Gasteiger partial charge in [0.25, 0.3) is 0 Å². The quantitative estimate of drug-likeness (QED) is 0.557. The summed E-state index contributed by atoms with van der Waals surface area (Å²) >= 11 is 1.67. The first-order valence-electron chi connectivity index (χ1n) is 9.17. The number of carboxylic acids is 1. The fraction of sp³-hybridized carbons (Fsp3) is 0.273.